The molecule has 27 heavy (non-hydrogen) atoms. The van der Waals surface area contributed by atoms with E-state index in [0.29, 0.717) is 25.0 Å². The molecule has 2 aliphatic heterocycles. The topological polar surface area (TPSA) is 107 Å². The van der Waals surface area contributed by atoms with Gasteiger partial charge < -0.3 is 15.2 Å². The maximum absolute atomic E-state index is 13.3. The molecule has 0 radical (unpaired) electrons. The Morgan fingerprint density at radius 3 is 2.74 bits per heavy atom. The number of carbonyl (C=O) groups is 3. The maximum atomic E-state index is 13.3. The quantitative estimate of drug-likeness (QED) is 0.704. The monoisotopic (exact) mass is 373 g/mol. The lowest BCUT2D eigenvalue weighted by Gasteiger charge is -2.31. The number of nitrogens with one attached hydrogen (secondary N) is 3. The van der Waals surface area contributed by atoms with Crippen LogP contribution in [-0.4, -0.2) is 51.8 Å². The van der Waals surface area contributed by atoms with Crippen molar-refractivity contribution in [2.24, 2.45) is 0 Å². The number of H-pyrrole nitrogens is 1. The third kappa shape index (κ3) is 3.62. The van der Waals surface area contributed by atoms with Gasteiger partial charge in [0.2, 0.25) is 5.91 Å². The second-order valence-electron chi connectivity index (χ2n) is 6.99. The lowest BCUT2D eigenvalue weighted by atomic mass is 9.95. The molecule has 0 saturated carbocycles. The van der Waals surface area contributed by atoms with Gasteiger partial charge in [-0.25, -0.2) is 14.2 Å². The molecule has 1 atom stereocenters. The molecule has 1 aromatic heterocycles. The summed E-state index contributed by atoms with van der Waals surface area (Å²) in [5, 5.41) is 4.66. The van der Waals surface area contributed by atoms with E-state index in [1.807, 2.05) is 0 Å². The van der Waals surface area contributed by atoms with Gasteiger partial charge in [0.1, 0.15) is 17.7 Å². The summed E-state index contributed by atoms with van der Waals surface area (Å²) >= 11 is 0. The average molecular weight is 373 g/mol. The van der Waals surface area contributed by atoms with Gasteiger partial charge in [0.15, 0.2) is 0 Å². The van der Waals surface area contributed by atoms with Gasteiger partial charge in [0.25, 0.3) is 5.91 Å². The zero-order valence-corrected chi connectivity index (χ0v) is 14.6. The number of piperidine rings is 1. The number of amides is 4. The number of likely N-dealkylation sites (tertiary alicyclic amines) is 1. The molecule has 0 spiro atoms. The zero-order chi connectivity index (χ0) is 19.0. The molecule has 2 aliphatic rings. The van der Waals surface area contributed by atoms with Crippen molar-refractivity contribution in [3.63, 3.8) is 0 Å². The van der Waals surface area contributed by atoms with E-state index in [9.17, 15) is 18.8 Å². The summed E-state index contributed by atoms with van der Waals surface area (Å²) < 4.78 is 13.3. The summed E-state index contributed by atoms with van der Waals surface area (Å²) in [6, 6.07) is 3.34. The fourth-order valence-electron chi connectivity index (χ4n) is 3.69. The van der Waals surface area contributed by atoms with Crippen LogP contribution in [0.15, 0.2) is 18.2 Å². The largest absolute Gasteiger partial charge is 0.343 e. The van der Waals surface area contributed by atoms with Crippen LogP contribution in [0.4, 0.5) is 9.18 Å². The zero-order valence-electron chi connectivity index (χ0n) is 14.6. The predicted molar refractivity (Wildman–Crippen MR) is 94.3 cm³/mol. The Kier molecular flexibility index (Phi) is 4.51. The molecule has 3 heterocycles. The van der Waals surface area contributed by atoms with Crippen LogP contribution in [-0.2, 0) is 9.59 Å². The highest BCUT2D eigenvalue weighted by Gasteiger charge is 2.31. The first kappa shape index (κ1) is 17.4. The number of fused-ring (bicyclic) bond motifs is 1. The number of hydrogen-bond acceptors (Lipinski definition) is 4. The minimum Gasteiger partial charge on any atom is -0.343 e. The van der Waals surface area contributed by atoms with Gasteiger partial charge in [-0.05, 0) is 37.5 Å². The number of rotatable bonds is 4. The van der Waals surface area contributed by atoms with E-state index < -0.39 is 12.1 Å². The fraction of sp³-hybridized carbons (Fsp3) is 0.444. The van der Waals surface area contributed by atoms with Crippen LogP contribution in [0.25, 0.3) is 11.0 Å². The van der Waals surface area contributed by atoms with E-state index in [1.165, 1.54) is 12.1 Å². The molecular weight excluding hydrogens is 353 g/mol. The smallest absolute Gasteiger partial charge is 0.322 e. The minimum atomic E-state index is -0.630. The molecule has 3 N–H and O–H groups in total. The molecule has 2 saturated heterocycles. The molecule has 4 rings (SSSR count). The van der Waals surface area contributed by atoms with E-state index >= 15 is 0 Å². The lowest BCUT2D eigenvalue weighted by Crippen LogP contribution is -2.39. The molecule has 0 aliphatic carbocycles. The summed E-state index contributed by atoms with van der Waals surface area (Å²) in [7, 11) is 0. The Morgan fingerprint density at radius 2 is 2.04 bits per heavy atom. The van der Waals surface area contributed by atoms with Gasteiger partial charge in [-0.2, -0.15) is 0 Å². The standard InChI is InChI=1S/C18H20FN5O3/c19-11-1-2-12-14(9-11)21-16(20-12)10-5-7-24(8-6-10)15(25)4-3-13-17(26)23-18(27)22-13/h1-2,9-10,13H,3-8H2,(H,20,21)(H2,22,23,26,27). The van der Waals surface area contributed by atoms with Crippen molar-refractivity contribution in [1.29, 1.82) is 0 Å². The van der Waals surface area contributed by atoms with Crippen LogP contribution < -0.4 is 10.6 Å². The van der Waals surface area contributed by atoms with Crippen molar-refractivity contribution < 1.29 is 18.8 Å². The van der Waals surface area contributed by atoms with E-state index in [1.54, 1.807) is 11.0 Å². The van der Waals surface area contributed by atoms with Crippen LogP contribution >= 0.6 is 0 Å². The van der Waals surface area contributed by atoms with Crippen LogP contribution in [0.2, 0.25) is 0 Å². The van der Waals surface area contributed by atoms with Crippen molar-refractivity contribution in [3.05, 3.63) is 29.8 Å². The molecule has 9 heteroatoms. The predicted octanol–water partition coefficient (Wildman–Crippen LogP) is 1.40. The SMILES string of the molecule is O=C1NC(=O)C(CCC(=O)N2CCC(c3nc4ccc(F)cc4[nH]3)CC2)N1. The Hall–Kier alpha value is -2.97. The average Bonchev–Trinajstić information content (AvgIpc) is 3.21. The van der Waals surface area contributed by atoms with Crippen molar-refractivity contribution in [2.45, 2.75) is 37.6 Å². The molecule has 142 valence electrons. The lowest BCUT2D eigenvalue weighted by molar-refractivity contribution is -0.132. The van der Waals surface area contributed by atoms with Gasteiger partial charge in [0, 0.05) is 25.4 Å². The van der Waals surface area contributed by atoms with Crippen LogP contribution in [0.1, 0.15) is 37.4 Å². The minimum absolute atomic E-state index is 0.0194. The molecule has 2 aromatic rings. The summed E-state index contributed by atoms with van der Waals surface area (Å²) in [6.07, 6.45) is 2.06. The van der Waals surface area contributed by atoms with Gasteiger partial charge in [-0.15, -0.1) is 0 Å². The molecule has 4 amide bonds. The van der Waals surface area contributed by atoms with Gasteiger partial charge in [-0.1, -0.05) is 0 Å². The van der Waals surface area contributed by atoms with E-state index in [4.69, 9.17) is 0 Å². The van der Waals surface area contributed by atoms with E-state index in [-0.39, 0.29) is 30.0 Å². The fourth-order valence-corrected chi connectivity index (χ4v) is 3.69. The highest BCUT2D eigenvalue weighted by molar-refractivity contribution is 6.04. The number of hydrogen-bond donors (Lipinski definition) is 3. The van der Waals surface area contributed by atoms with Crippen LogP contribution in [0, 0.1) is 5.82 Å². The van der Waals surface area contributed by atoms with Gasteiger partial charge in [-0.3, -0.25) is 14.9 Å². The Bertz CT molecular complexity index is 904. The summed E-state index contributed by atoms with van der Waals surface area (Å²) in [5.74, 6) is 0.324. The summed E-state index contributed by atoms with van der Waals surface area (Å²) in [5.41, 5.74) is 1.42. The van der Waals surface area contributed by atoms with Crippen molar-refractivity contribution in [1.82, 2.24) is 25.5 Å². The van der Waals surface area contributed by atoms with Crippen molar-refractivity contribution in [3.8, 4) is 0 Å². The Morgan fingerprint density at radius 1 is 1.26 bits per heavy atom. The second kappa shape index (κ2) is 6.98. The normalized spacial score (nSPS) is 20.8. The number of carbonyl (C=O) groups excluding carboxylic acids is 3. The number of benzene rings is 1. The molecule has 8 nitrogen and oxygen atoms in total. The summed E-state index contributed by atoms with van der Waals surface area (Å²) in [6.45, 7) is 1.22. The highest BCUT2D eigenvalue weighted by atomic mass is 19.1. The Balaban J connectivity index is 1.30. The van der Waals surface area contributed by atoms with Gasteiger partial charge in [0.05, 0.1) is 11.0 Å². The first-order chi connectivity index (χ1) is 13.0. The van der Waals surface area contributed by atoms with Crippen molar-refractivity contribution in [2.75, 3.05) is 13.1 Å². The number of imide groups is 1. The van der Waals surface area contributed by atoms with Crippen LogP contribution in [0.5, 0.6) is 0 Å². The first-order valence-corrected chi connectivity index (χ1v) is 9.04. The molecular formula is C18H20FN5O3. The van der Waals surface area contributed by atoms with E-state index in [2.05, 4.69) is 20.6 Å². The first-order valence-electron chi connectivity index (χ1n) is 9.04. The number of nitrogens with zero attached hydrogens (tertiary/aromatic N) is 2. The molecule has 1 aromatic carbocycles. The molecule has 1 unspecified atom stereocenters. The number of aromatic nitrogens is 2. The van der Waals surface area contributed by atoms with Crippen molar-refractivity contribution >= 4 is 28.9 Å². The third-order valence-electron chi connectivity index (χ3n) is 5.20. The highest BCUT2D eigenvalue weighted by Crippen LogP contribution is 2.28. The van der Waals surface area contributed by atoms with E-state index in [0.717, 1.165) is 24.2 Å². The number of halogens is 1. The number of aromatic amines is 1. The second-order valence-corrected chi connectivity index (χ2v) is 6.99. The molecule has 2 fully saturated rings. The molecule has 0 bridgehead atoms. The Labute approximate surface area is 154 Å². The third-order valence-corrected chi connectivity index (χ3v) is 5.20. The number of imidazole rings is 1. The van der Waals surface area contributed by atoms with Crippen LogP contribution in [0.3, 0.4) is 0 Å². The maximum Gasteiger partial charge on any atom is 0.322 e. The van der Waals surface area contributed by atoms with Gasteiger partial charge >= 0.3 is 6.03 Å². The number of urea groups is 1. The summed E-state index contributed by atoms with van der Waals surface area (Å²) in [4.78, 5) is 44.5.